The van der Waals surface area contributed by atoms with E-state index in [1.54, 1.807) is 6.92 Å². The van der Waals surface area contributed by atoms with Gasteiger partial charge in [0.15, 0.2) is 0 Å². The van der Waals surface area contributed by atoms with Crippen LogP contribution < -0.4 is 5.32 Å². The number of hydrogen-bond acceptors (Lipinski definition) is 3. The van der Waals surface area contributed by atoms with E-state index in [0.29, 0.717) is 6.54 Å². The number of carbonyl (C=O) groups excluding carboxylic acids is 2. The number of amides is 1. The zero-order chi connectivity index (χ0) is 7.98. The summed E-state index contributed by atoms with van der Waals surface area (Å²) < 4.78 is 4.27. The molecule has 10 heavy (non-hydrogen) atoms. The molecule has 0 radical (unpaired) electrons. The molecule has 0 bridgehead atoms. The SMILES string of the molecule is CCNC(=O)CC(=O)OC. The van der Waals surface area contributed by atoms with Crippen LogP contribution in [0.25, 0.3) is 0 Å². The summed E-state index contributed by atoms with van der Waals surface area (Å²) in [6.07, 6.45) is -0.190. The first-order valence-electron chi connectivity index (χ1n) is 3.04. The highest BCUT2D eigenvalue weighted by Gasteiger charge is 2.06. The molecule has 58 valence electrons. The predicted molar refractivity (Wildman–Crippen MR) is 35.3 cm³/mol. The van der Waals surface area contributed by atoms with E-state index < -0.39 is 5.97 Å². The number of hydrogen-bond donors (Lipinski definition) is 1. The van der Waals surface area contributed by atoms with E-state index in [-0.39, 0.29) is 12.3 Å². The first-order chi connectivity index (χ1) is 4.70. The van der Waals surface area contributed by atoms with Crippen molar-refractivity contribution in [2.75, 3.05) is 13.7 Å². The molecule has 0 heterocycles. The average molecular weight is 145 g/mol. The van der Waals surface area contributed by atoms with E-state index in [0.717, 1.165) is 0 Å². The average Bonchev–Trinajstić information content (AvgIpc) is 1.88. The highest BCUT2D eigenvalue weighted by molar-refractivity contribution is 5.94. The maximum absolute atomic E-state index is 10.6. The zero-order valence-electron chi connectivity index (χ0n) is 6.14. The van der Waals surface area contributed by atoms with Crippen molar-refractivity contribution in [1.82, 2.24) is 5.32 Å². The maximum atomic E-state index is 10.6. The van der Waals surface area contributed by atoms with Gasteiger partial charge in [0.1, 0.15) is 6.42 Å². The summed E-state index contributed by atoms with van der Waals surface area (Å²) >= 11 is 0. The van der Waals surface area contributed by atoms with Crippen LogP contribution >= 0.6 is 0 Å². The lowest BCUT2D eigenvalue weighted by Gasteiger charge is -1.98. The smallest absolute Gasteiger partial charge is 0.315 e. The summed E-state index contributed by atoms with van der Waals surface area (Å²) in [5.74, 6) is -0.805. The monoisotopic (exact) mass is 145 g/mol. The second kappa shape index (κ2) is 4.78. The Bertz CT molecular complexity index is 133. The van der Waals surface area contributed by atoms with Gasteiger partial charge in [-0.1, -0.05) is 0 Å². The molecule has 0 aromatic rings. The van der Waals surface area contributed by atoms with E-state index in [1.165, 1.54) is 7.11 Å². The molecule has 0 unspecified atom stereocenters. The van der Waals surface area contributed by atoms with Gasteiger partial charge < -0.3 is 10.1 Å². The number of methoxy groups -OCH3 is 1. The number of carbonyl (C=O) groups is 2. The van der Waals surface area contributed by atoms with E-state index in [9.17, 15) is 9.59 Å². The molecule has 0 aliphatic carbocycles. The van der Waals surface area contributed by atoms with E-state index in [1.807, 2.05) is 0 Å². The minimum atomic E-state index is -0.508. The normalized spacial score (nSPS) is 8.60. The van der Waals surface area contributed by atoms with Gasteiger partial charge in [-0.15, -0.1) is 0 Å². The van der Waals surface area contributed by atoms with Crippen molar-refractivity contribution in [3.63, 3.8) is 0 Å². The highest BCUT2D eigenvalue weighted by Crippen LogP contribution is 1.82. The molecule has 0 aromatic carbocycles. The van der Waals surface area contributed by atoms with Gasteiger partial charge in [0, 0.05) is 6.54 Å². The molecule has 0 aliphatic rings. The fourth-order valence-electron chi connectivity index (χ4n) is 0.463. The van der Waals surface area contributed by atoms with Crippen molar-refractivity contribution in [2.45, 2.75) is 13.3 Å². The molecule has 1 amide bonds. The number of esters is 1. The fraction of sp³-hybridized carbons (Fsp3) is 0.667. The number of rotatable bonds is 3. The molecule has 0 aromatic heterocycles. The molecular weight excluding hydrogens is 134 g/mol. The lowest BCUT2D eigenvalue weighted by atomic mass is 10.4. The third-order valence-electron chi connectivity index (χ3n) is 0.907. The molecule has 0 saturated carbocycles. The highest BCUT2D eigenvalue weighted by atomic mass is 16.5. The topological polar surface area (TPSA) is 55.4 Å². The van der Waals surface area contributed by atoms with Crippen LogP contribution in [-0.4, -0.2) is 25.5 Å². The van der Waals surface area contributed by atoms with Crippen molar-refractivity contribution in [1.29, 1.82) is 0 Å². The van der Waals surface area contributed by atoms with Crippen LogP contribution in [0.3, 0.4) is 0 Å². The molecule has 0 saturated heterocycles. The van der Waals surface area contributed by atoms with Gasteiger partial charge >= 0.3 is 5.97 Å². The van der Waals surface area contributed by atoms with Gasteiger partial charge in [-0.3, -0.25) is 9.59 Å². The van der Waals surface area contributed by atoms with Crippen molar-refractivity contribution in [3.8, 4) is 0 Å². The standard InChI is InChI=1S/C6H11NO3/c1-3-7-5(8)4-6(9)10-2/h3-4H2,1-2H3,(H,7,8). The zero-order valence-corrected chi connectivity index (χ0v) is 6.14. The largest absolute Gasteiger partial charge is 0.469 e. The van der Waals surface area contributed by atoms with Crippen LogP contribution in [0, 0.1) is 0 Å². The Morgan fingerprint density at radius 3 is 2.50 bits per heavy atom. The number of nitrogens with one attached hydrogen (secondary N) is 1. The summed E-state index contributed by atoms with van der Waals surface area (Å²) in [6.45, 7) is 2.32. The van der Waals surface area contributed by atoms with Gasteiger partial charge in [-0.2, -0.15) is 0 Å². The van der Waals surface area contributed by atoms with Crippen LogP contribution in [0.2, 0.25) is 0 Å². The third kappa shape index (κ3) is 3.88. The van der Waals surface area contributed by atoms with Crippen molar-refractivity contribution in [2.24, 2.45) is 0 Å². The Morgan fingerprint density at radius 2 is 2.10 bits per heavy atom. The maximum Gasteiger partial charge on any atom is 0.315 e. The molecule has 0 atom stereocenters. The van der Waals surface area contributed by atoms with Crippen LogP contribution in [0.15, 0.2) is 0 Å². The Kier molecular flexibility index (Phi) is 4.28. The van der Waals surface area contributed by atoms with Crippen LogP contribution in [0.4, 0.5) is 0 Å². The van der Waals surface area contributed by atoms with Gasteiger partial charge in [-0.25, -0.2) is 0 Å². The molecule has 4 heteroatoms. The quantitative estimate of drug-likeness (QED) is 0.437. The minimum absolute atomic E-state index is 0.190. The van der Waals surface area contributed by atoms with Gasteiger partial charge in [0.05, 0.1) is 7.11 Å². The van der Waals surface area contributed by atoms with Crippen LogP contribution in [0.5, 0.6) is 0 Å². The fourth-order valence-corrected chi connectivity index (χ4v) is 0.463. The van der Waals surface area contributed by atoms with Gasteiger partial charge in [0.25, 0.3) is 0 Å². The second-order valence-electron chi connectivity index (χ2n) is 1.71. The van der Waals surface area contributed by atoms with Crippen LogP contribution in [0.1, 0.15) is 13.3 Å². The first kappa shape index (κ1) is 8.94. The van der Waals surface area contributed by atoms with Crippen molar-refractivity contribution < 1.29 is 14.3 Å². The molecule has 0 spiro atoms. The summed E-state index contributed by atoms with van der Waals surface area (Å²) in [5.41, 5.74) is 0. The number of ether oxygens (including phenoxy) is 1. The van der Waals surface area contributed by atoms with Gasteiger partial charge in [0.2, 0.25) is 5.91 Å². The summed E-state index contributed by atoms with van der Waals surface area (Å²) in [5, 5.41) is 2.47. The molecule has 0 aliphatic heterocycles. The van der Waals surface area contributed by atoms with Crippen LogP contribution in [-0.2, 0) is 14.3 Å². The third-order valence-corrected chi connectivity index (χ3v) is 0.907. The molecule has 4 nitrogen and oxygen atoms in total. The second-order valence-corrected chi connectivity index (χ2v) is 1.71. The lowest BCUT2D eigenvalue weighted by Crippen LogP contribution is -2.25. The van der Waals surface area contributed by atoms with E-state index in [2.05, 4.69) is 10.1 Å². The lowest BCUT2D eigenvalue weighted by molar-refractivity contribution is -0.143. The molecule has 1 N–H and O–H groups in total. The summed E-state index contributed by atoms with van der Waals surface area (Å²) in [7, 11) is 1.25. The molecule has 0 rings (SSSR count). The Labute approximate surface area is 59.6 Å². The Hall–Kier alpha value is -1.06. The van der Waals surface area contributed by atoms with Crippen molar-refractivity contribution >= 4 is 11.9 Å². The minimum Gasteiger partial charge on any atom is -0.469 e. The van der Waals surface area contributed by atoms with Gasteiger partial charge in [-0.05, 0) is 6.92 Å². The predicted octanol–water partition coefficient (Wildman–Crippen LogP) is -0.314. The summed E-state index contributed by atoms with van der Waals surface area (Å²) in [4.78, 5) is 21.0. The Morgan fingerprint density at radius 1 is 1.50 bits per heavy atom. The van der Waals surface area contributed by atoms with E-state index >= 15 is 0 Å². The van der Waals surface area contributed by atoms with Crippen molar-refractivity contribution in [3.05, 3.63) is 0 Å². The van der Waals surface area contributed by atoms with E-state index in [4.69, 9.17) is 0 Å². The molecular formula is C6H11NO3. The summed E-state index contributed by atoms with van der Waals surface area (Å²) in [6, 6.07) is 0. The molecule has 0 fully saturated rings. The Balaban J connectivity index is 3.47. The first-order valence-corrected chi connectivity index (χ1v) is 3.04.